The molecule has 0 fully saturated rings. The average molecular weight is 377 g/mol. The topological polar surface area (TPSA) is 97.4 Å². The van der Waals surface area contributed by atoms with Gasteiger partial charge in [-0.3, -0.25) is 10.1 Å². The maximum absolute atomic E-state index is 12.4. The van der Waals surface area contributed by atoms with Gasteiger partial charge in [-0.2, -0.15) is 0 Å². The molecule has 25 heavy (non-hydrogen) atoms. The maximum Gasteiger partial charge on any atom is 0.257 e. The van der Waals surface area contributed by atoms with Gasteiger partial charge in [-0.15, -0.1) is 0 Å². The summed E-state index contributed by atoms with van der Waals surface area (Å²) in [4.78, 5) is 16.8. The van der Waals surface area contributed by atoms with Crippen molar-refractivity contribution in [3.63, 3.8) is 0 Å². The van der Waals surface area contributed by atoms with Crippen molar-refractivity contribution in [1.82, 2.24) is 9.71 Å². The zero-order valence-corrected chi connectivity index (χ0v) is 15.1. The summed E-state index contributed by atoms with van der Waals surface area (Å²) < 4.78 is 32.0. The number of ether oxygens (including phenoxy) is 1. The van der Waals surface area contributed by atoms with Gasteiger partial charge in [0, 0.05) is 5.56 Å². The Labute approximate surface area is 148 Å². The Morgan fingerprint density at radius 2 is 2.00 bits per heavy atom. The molecule has 0 bridgehead atoms. The van der Waals surface area contributed by atoms with Crippen molar-refractivity contribution in [2.75, 3.05) is 19.5 Å². The van der Waals surface area contributed by atoms with E-state index < -0.39 is 15.9 Å². The standard InChI is InChI=1S/C16H15N3O4S2/c1-17-25(21,22)12-5-3-4-10(8-12)15(20)19-16-18-13-7-6-11(23-2)9-14(13)24-16/h3-9,17H,1-2H3,(H,18,19,20). The van der Waals surface area contributed by atoms with E-state index in [1.807, 2.05) is 6.07 Å². The van der Waals surface area contributed by atoms with Crippen molar-refractivity contribution >= 4 is 42.6 Å². The van der Waals surface area contributed by atoms with E-state index in [0.29, 0.717) is 10.9 Å². The summed E-state index contributed by atoms with van der Waals surface area (Å²) >= 11 is 1.31. The van der Waals surface area contributed by atoms with Crippen LogP contribution in [0.5, 0.6) is 5.75 Å². The summed E-state index contributed by atoms with van der Waals surface area (Å²) in [6.07, 6.45) is 0. The van der Waals surface area contributed by atoms with E-state index in [1.54, 1.807) is 25.3 Å². The molecule has 0 aliphatic rings. The molecule has 0 atom stereocenters. The first-order chi connectivity index (χ1) is 11.9. The van der Waals surface area contributed by atoms with Gasteiger partial charge in [0.15, 0.2) is 5.13 Å². The summed E-state index contributed by atoms with van der Waals surface area (Å²) in [5.41, 5.74) is 0.973. The molecule has 3 rings (SSSR count). The molecule has 1 heterocycles. The molecular weight excluding hydrogens is 362 g/mol. The number of amides is 1. The first-order valence-corrected chi connectivity index (χ1v) is 9.52. The summed E-state index contributed by atoms with van der Waals surface area (Å²) in [5.74, 6) is 0.276. The number of anilines is 1. The van der Waals surface area contributed by atoms with Gasteiger partial charge in [-0.1, -0.05) is 17.4 Å². The monoisotopic (exact) mass is 377 g/mol. The molecule has 3 aromatic rings. The summed E-state index contributed by atoms with van der Waals surface area (Å²) in [7, 11) is -0.715. The smallest absolute Gasteiger partial charge is 0.257 e. The largest absolute Gasteiger partial charge is 0.497 e. The van der Waals surface area contributed by atoms with E-state index in [1.165, 1.54) is 36.6 Å². The highest BCUT2D eigenvalue weighted by atomic mass is 32.2. The SMILES string of the molecule is CNS(=O)(=O)c1cccc(C(=O)Nc2nc3ccc(OC)cc3s2)c1. The minimum absolute atomic E-state index is 0.0247. The Morgan fingerprint density at radius 1 is 1.20 bits per heavy atom. The number of thiazole rings is 1. The molecule has 0 aliphatic heterocycles. The second-order valence-electron chi connectivity index (χ2n) is 5.04. The molecule has 0 radical (unpaired) electrons. The van der Waals surface area contributed by atoms with Crippen molar-refractivity contribution in [3.05, 3.63) is 48.0 Å². The number of sulfonamides is 1. The van der Waals surface area contributed by atoms with Crippen molar-refractivity contribution in [1.29, 1.82) is 0 Å². The van der Waals surface area contributed by atoms with Crippen molar-refractivity contribution < 1.29 is 17.9 Å². The van der Waals surface area contributed by atoms with Crippen LogP contribution in [0.3, 0.4) is 0 Å². The molecule has 7 nitrogen and oxygen atoms in total. The minimum Gasteiger partial charge on any atom is -0.497 e. The van der Waals surface area contributed by atoms with Crippen LogP contribution in [0.4, 0.5) is 5.13 Å². The van der Waals surface area contributed by atoms with E-state index in [-0.39, 0.29) is 10.5 Å². The second-order valence-corrected chi connectivity index (χ2v) is 7.96. The Hall–Kier alpha value is -2.49. The lowest BCUT2D eigenvalue weighted by atomic mass is 10.2. The Kier molecular flexibility index (Phi) is 4.71. The lowest BCUT2D eigenvalue weighted by Gasteiger charge is -2.05. The molecule has 1 aromatic heterocycles. The fourth-order valence-electron chi connectivity index (χ4n) is 2.18. The number of carbonyl (C=O) groups excluding carboxylic acids is 1. The highest BCUT2D eigenvalue weighted by Crippen LogP contribution is 2.29. The molecule has 0 unspecified atom stereocenters. The van der Waals surface area contributed by atoms with Gasteiger partial charge in [0.25, 0.3) is 5.91 Å². The molecule has 2 aromatic carbocycles. The number of fused-ring (bicyclic) bond motifs is 1. The number of aromatic nitrogens is 1. The number of methoxy groups -OCH3 is 1. The number of rotatable bonds is 5. The van der Waals surface area contributed by atoms with Gasteiger partial charge in [-0.05, 0) is 43.4 Å². The third kappa shape index (κ3) is 3.63. The number of nitrogens with one attached hydrogen (secondary N) is 2. The summed E-state index contributed by atoms with van der Waals surface area (Å²) in [6.45, 7) is 0. The van der Waals surface area contributed by atoms with E-state index >= 15 is 0 Å². The predicted octanol–water partition coefficient (Wildman–Crippen LogP) is 2.47. The minimum atomic E-state index is -3.61. The van der Waals surface area contributed by atoms with Crippen LogP contribution in [0.1, 0.15) is 10.4 Å². The third-order valence-electron chi connectivity index (χ3n) is 3.49. The van der Waals surface area contributed by atoms with Gasteiger partial charge in [-0.25, -0.2) is 18.1 Å². The van der Waals surface area contributed by atoms with Crippen LogP contribution in [-0.2, 0) is 10.0 Å². The Bertz CT molecular complexity index is 1040. The number of benzene rings is 2. The fraction of sp³-hybridized carbons (Fsp3) is 0.125. The normalized spacial score (nSPS) is 11.4. The van der Waals surface area contributed by atoms with Crippen LogP contribution in [-0.4, -0.2) is 33.5 Å². The van der Waals surface area contributed by atoms with Crippen molar-refractivity contribution in [2.24, 2.45) is 0 Å². The third-order valence-corrected chi connectivity index (χ3v) is 5.84. The van der Waals surface area contributed by atoms with Crippen molar-refractivity contribution in [2.45, 2.75) is 4.90 Å². The van der Waals surface area contributed by atoms with Crippen molar-refractivity contribution in [3.8, 4) is 5.75 Å². The zero-order chi connectivity index (χ0) is 18.0. The second kappa shape index (κ2) is 6.79. The molecule has 2 N–H and O–H groups in total. The zero-order valence-electron chi connectivity index (χ0n) is 13.4. The quantitative estimate of drug-likeness (QED) is 0.712. The van der Waals surface area contributed by atoms with Crippen LogP contribution in [0.25, 0.3) is 10.2 Å². The number of carbonyl (C=O) groups is 1. The van der Waals surface area contributed by atoms with Crippen LogP contribution in [0, 0.1) is 0 Å². The van der Waals surface area contributed by atoms with E-state index in [9.17, 15) is 13.2 Å². The van der Waals surface area contributed by atoms with Crippen LogP contribution < -0.4 is 14.8 Å². The first kappa shape index (κ1) is 17.3. The number of hydrogen-bond donors (Lipinski definition) is 2. The van der Waals surface area contributed by atoms with E-state index in [0.717, 1.165) is 10.2 Å². The fourth-order valence-corrected chi connectivity index (χ4v) is 3.84. The number of hydrogen-bond acceptors (Lipinski definition) is 6. The van der Waals surface area contributed by atoms with Gasteiger partial charge in [0.2, 0.25) is 10.0 Å². The summed E-state index contributed by atoms with van der Waals surface area (Å²) in [5, 5.41) is 3.12. The Balaban J connectivity index is 1.86. The van der Waals surface area contributed by atoms with E-state index in [4.69, 9.17) is 4.74 Å². The molecule has 130 valence electrons. The van der Waals surface area contributed by atoms with E-state index in [2.05, 4.69) is 15.0 Å². The molecule has 1 amide bonds. The van der Waals surface area contributed by atoms with Gasteiger partial charge < -0.3 is 4.74 Å². The first-order valence-electron chi connectivity index (χ1n) is 7.22. The predicted molar refractivity (Wildman–Crippen MR) is 96.8 cm³/mol. The molecule has 0 aliphatic carbocycles. The van der Waals surface area contributed by atoms with Gasteiger partial charge >= 0.3 is 0 Å². The van der Waals surface area contributed by atoms with Crippen LogP contribution in [0.2, 0.25) is 0 Å². The highest BCUT2D eigenvalue weighted by molar-refractivity contribution is 7.89. The lowest BCUT2D eigenvalue weighted by Crippen LogP contribution is -2.19. The lowest BCUT2D eigenvalue weighted by molar-refractivity contribution is 0.102. The summed E-state index contributed by atoms with van der Waals surface area (Å²) in [6, 6.07) is 11.2. The maximum atomic E-state index is 12.4. The molecule has 9 heteroatoms. The average Bonchev–Trinajstić information content (AvgIpc) is 3.02. The molecule has 0 saturated heterocycles. The van der Waals surface area contributed by atoms with Crippen LogP contribution in [0.15, 0.2) is 47.4 Å². The Morgan fingerprint density at radius 3 is 2.72 bits per heavy atom. The molecular formula is C16H15N3O4S2. The number of nitrogens with zero attached hydrogens (tertiary/aromatic N) is 1. The van der Waals surface area contributed by atoms with Gasteiger partial charge in [0.1, 0.15) is 5.75 Å². The highest BCUT2D eigenvalue weighted by Gasteiger charge is 2.15. The van der Waals surface area contributed by atoms with Crippen LogP contribution >= 0.6 is 11.3 Å². The van der Waals surface area contributed by atoms with Gasteiger partial charge in [0.05, 0.1) is 22.2 Å². The molecule has 0 saturated carbocycles. The molecule has 0 spiro atoms.